The third kappa shape index (κ3) is 2.07. The average molecular weight is 272 g/mol. The van der Waals surface area contributed by atoms with Crippen molar-refractivity contribution < 1.29 is 9.90 Å². The first-order valence-electron chi connectivity index (χ1n) is 4.54. The highest BCUT2D eigenvalue weighted by Crippen LogP contribution is 2.29. The molecule has 88 valence electrons. The Hall–Kier alpha value is -1.72. The predicted octanol–water partition coefficient (Wildman–Crippen LogP) is 2.46. The van der Waals surface area contributed by atoms with Gasteiger partial charge >= 0.3 is 5.97 Å². The molecule has 0 bridgehead atoms. The second-order valence-electron chi connectivity index (χ2n) is 3.24. The predicted molar refractivity (Wildman–Crippen MR) is 65.0 cm³/mol. The van der Waals surface area contributed by atoms with Crippen LogP contribution in [0.1, 0.15) is 10.5 Å². The molecular weight excluding hydrogens is 265 g/mol. The van der Waals surface area contributed by atoms with E-state index in [1.54, 1.807) is 18.2 Å². The van der Waals surface area contributed by atoms with Crippen molar-refractivity contribution in [1.29, 1.82) is 0 Å². The number of carboxylic acids is 1. The third-order valence-electron chi connectivity index (χ3n) is 2.12. The van der Waals surface area contributed by atoms with Gasteiger partial charge in [0.05, 0.1) is 15.7 Å². The fourth-order valence-electron chi connectivity index (χ4n) is 1.35. The monoisotopic (exact) mass is 271 g/mol. The zero-order chi connectivity index (χ0) is 12.6. The number of aromatic nitrogens is 2. The van der Waals surface area contributed by atoms with Gasteiger partial charge in [0.2, 0.25) is 0 Å². The summed E-state index contributed by atoms with van der Waals surface area (Å²) in [6, 6.07) is 6.18. The Morgan fingerprint density at radius 2 is 2.12 bits per heavy atom. The Balaban J connectivity index is 2.60. The highest BCUT2D eigenvalue weighted by molar-refractivity contribution is 6.43. The minimum Gasteiger partial charge on any atom is -0.476 e. The van der Waals surface area contributed by atoms with E-state index in [1.165, 1.54) is 10.7 Å². The molecule has 0 radical (unpaired) electrons. The summed E-state index contributed by atoms with van der Waals surface area (Å²) in [5.74, 6) is -0.986. The molecule has 0 saturated heterocycles. The fourth-order valence-corrected chi connectivity index (χ4v) is 1.72. The topological polar surface area (TPSA) is 81.1 Å². The van der Waals surface area contributed by atoms with Crippen LogP contribution in [0.3, 0.4) is 0 Å². The highest BCUT2D eigenvalue weighted by atomic mass is 35.5. The third-order valence-corrected chi connectivity index (χ3v) is 2.92. The van der Waals surface area contributed by atoms with Crippen LogP contribution in [0.25, 0.3) is 5.69 Å². The van der Waals surface area contributed by atoms with E-state index in [9.17, 15) is 4.79 Å². The lowest BCUT2D eigenvalue weighted by Crippen LogP contribution is -2.04. The summed E-state index contributed by atoms with van der Waals surface area (Å²) in [4.78, 5) is 10.8. The molecular formula is C10H7Cl2N3O2. The van der Waals surface area contributed by atoms with Crippen molar-refractivity contribution in [3.05, 3.63) is 40.0 Å². The van der Waals surface area contributed by atoms with Crippen molar-refractivity contribution in [2.45, 2.75) is 0 Å². The first-order chi connectivity index (χ1) is 8.00. The van der Waals surface area contributed by atoms with Crippen LogP contribution < -0.4 is 5.73 Å². The van der Waals surface area contributed by atoms with Crippen molar-refractivity contribution in [3.8, 4) is 5.69 Å². The summed E-state index contributed by atoms with van der Waals surface area (Å²) in [5, 5.41) is 13.2. The average Bonchev–Trinajstić information content (AvgIpc) is 2.65. The molecule has 7 heteroatoms. The van der Waals surface area contributed by atoms with Gasteiger partial charge in [0.1, 0.15) is 5.82 Å². The molecule has 17 heavy (non-hydrogen) atoms. The van der Waals surface area contributed by atoms with Gasteiger partial charge in [-0.25, -0.2) is 9.48 Å². The number of hydrogen-bond acceptors (Lipinski definition) is 3. The molecule has 1 aromatic carbocycles. The van der Waals surface area contributed by atoms with Gasteiger partial charge in [-0.2, -0.15) is 5.10 Å². The SMILES string of the molecule is Nc1cc(C(=O)O)nn1-c1cccc(Cl)c1Cl. The van der Waals surface area contributed by atoms with Crippen LogP contribution in [-0.4, -0.2) is 20.9 Å². The first kappa shape index (κ1) is 11.8. The van der Waals surface area contributed by atoms with Gasteiger partial charge in [-0.15, -0.1) is 0 Å². The Labute approximate surface area is 106 Å². The normalized spacial score (nSPS) is 10.5. The van der Waals surface area contributed by atoms with Crippen molar-refractivity contribution in [3.63, 3.8) is 0 Å². The second-order valence-corrected chi connectivity index (χ2v) is 4.03. The number of rotatable bonds is 2. The van der Waals surface area contributed by atoms with Gasteiger partial charge in [0.25, 0.3) is 0 Å². The van der Waals surface area contributed by atoms with Gasteiger partial charge in [-0.3, -0.25) is 0 Å². The van der Waals surface area contributed by atoms with Crippen LogP contribution in [0.5, 0.6) is 0 Å². The van der Waals surface area contributed by atoms with E-state index in [4.69, 9.17) is 34.0 Å². The van der Waals surface area contributed by atoms with E-state index >= 15 is 0 Å². The first-order valence-corrected chi connectivity index (χ1v) is 5.29. The fraction of sp³-hybridized carbons (Fsp3) is 0. The molecule has 2 rings (SSSR count). The largest absolute Gasteiger partial charge is 0.476 e. The maximum Gasteiger partial charge on any atom is 0.356 e. The van der Waals surface area contributed by atoms with Crippen LogP contribution in [0.2, 0.25) is 10.0 Å². The van der Waals surface area contributed by atoms with Crippen LogP contribution in [0, 0.1) is 0 Å². The molecule has 0 unspecified atom stereocenters. The summed E-state index contributed by atoms with van der Waals surface area (Å²) in [5.41, 5.74) is 5.95. The summed E-state index contributed by atoms with van der Waals surface area (Å²) in [7, 11) is 0. The number of anilines is 1. The van der Waals surface area contributed by atoms with E-state index < -0.39 is 5.97 Å². The number of carboxylic acid groups (broad SMARTS) is 1. The van der Waals surface area contributed by atoms with E-state index in [1.807, 2.05) is 0 Å². The maximum absolute atomic E-state index is 10.8. The van der Waals surface area contributed by atoms with E-state index in [2.05, 4.69) is 5.10 Å². The summed E-state index contributed by atoms with van der Waals surface area (Å²) in [6.45, 7) is 0. The molecule has 0 spiro atoms. The lowest BCUT2D eigenvalue weighted by Gasteiger charge is -2.06. The van der Waals surface area contributed by atoms with Gasteiger partial charge < -0.3 is 10.8 Å². The molecule has 0 saturated carbocycles. The molecule has 0 aliphatic rings. The van der Waals surface area contributed by atoms with Gasteiger partial charge in [-0.05, 0) is 12.1 Å². The number of nitrogens with two attached hydrogens (primary N) is 1. The van der Waals surface area contributed by atoms with Crippen molar-refractivity contribution >= 4 is 35.0 Å². The Morgan fingerprint density at radius 1 is 1.41 bits per heavy atom. The summed E-state index contributed by atoms with van der Waals surface area (Å²) >= 11 is 11.8. The number of halogens is 2. The van der Waals surface area contributed by atoms with E-state index in [0.717, 1.165) is 0 Å². The number of hydrogen-bond donors (Lipinski definition) is 2. The van der Waals surface area contributed by atoms with Crippen molar-refractivity contribution in [1.82, 2.24) is 9.78 Å². The molecule has 0 fully saturated rings. The molecule has 0 amide bonds. The lowest BCUT2D eigenvalue weighted by molar-refractivity contribution is 0.0690. The van der Waals surface area contributed by atoms with Gasteiger partial charge in [-0.1, -0.05) is 29.3 Å². The summed E-state index contributed by atoms with van der Waals surface area (Å²) in [6.07, 6.45) is 0. The zero-order valence-corrected chi connectivity index (χ0v) is 9.90. The Morgan fingerprint density at radius 3 is 2.71 bits per heavy atom. The van der Waals surface area contributed by atoms with E-state index in [0.29, 0.717) is 10.7 Å². The second kappa shape index (κ2) is 4.27. The minimum absolute atomic E-state index is 0.154. The van der Waals surface area contributed by atoms with Gasteiger partial charge in [0, 0.05) is 6.07 Å². The molecule has 1 heterocycles. The van der Waals surface area contributed by atoms with Crippen LogP contribution in [-0.2, 0) is 0 Å². The molecule has 0 aliphatic carbocycles. The van der Waals surface area contributed by atoms with E-state index in [-0.39, 0.29) is 16.5 Å². The molecule has 0 atom stereocenters. The quantitative estimate of drug-likeness (QED) is 0.879. The lowest BCUT2D eigenvalue weighted by atomic mass is 10.3. The molecule has 0 aliphatic heterocycles. The van der Waals surface area contributed by atoms with Crippen LogP contribution in [0.15, 0.2) is 24.3 Å². The molecule has 1 aromatic heterocycles. The molecule has 2 aromatic rings. The van der Waals surface area contributed by atoms with Crippen molar-refractivity contribution in [2.24, 2.45) is 0 Å². The smallest absolute Gasteiger partial charge is 0.356 e. The highest BCUT2D eigenvalue weighted by Gasteiger charge is 2.15. The number of benzene rings is 1. The van der Waals surface area contributed by atoms with Crippen LogP contribution >= 0.6 is 23.2 Å². The number of nitrogens with zero attached hydrogens (tertiary/aromatic N) is 2. The number of nitrogen functional groups attached to an aromatic ring is 1. The Kier molecular flexibility index (Phi) is 2.95. The standard InChI is InChI=1S/C10H7Cl2N3O2/c11-5-2-1-3-7(9(5)12)15-8(13)4-6(14-15)10(16)17/h1-4H,13H2,(H,16,17). The number of aromatic carboxylic acids is 1. The minimum atomic E-state index is -1.16. The maximum atomic E-state index is 10.8. The number of carbonyl (C=O) groups is 1. The Bertz CT molecular complexity index is 595. The summed E-state index contributed by atoms with van der Waals surface area (Å²) < 4.78 is 1.23. The van der Waals surface area contributed by atoms with Gasteiger partial charge in [0.15, 0.2) is 5.69 Å². The van der Waals surface area contributed by atoms with Crippen molar-refractivity contribution in [2.75, 3.05) is 5.73 Å². The van der Waals surface area contributed by atoms with Crippen LogP contribution in [0.4, 0.5) is 5.82 Å². The molecule has 5 nitrogen and oxygen atoms in total. The zero-order valence-electron chi connectivity index (χ0n) is 8.39. The molecule has 3 N–H and O–H groups in total.